The number of nitrogens with zero attached hydrogens (tertiary/aromatic N) is 1. The molecule has 0 radical (unpaired) electrons. The van der Waals surface area contributed by atoms with Gasteiger partial charge in [-0.1, -0.05) is 28.1 Å². The van der Waals surface area contributed by atoms with Crippen LogP contribution in [0.5, 0.6) is 0 Å². The van der Waals surface area contributed by atoms with Gasteiger partial charge in [0, 0.05) is 23.6 Å². The lowest BCUT2D eigenvalue weighted by Crippen LogP contribution is -2.40. The van der Waals surface area contributed by atoms with Crippen LogP contribution in [0.4, 0.5) is 0 Å². The first kappa shape index (κ1) is 15.0. The molecule has 1 heterocycles. The summed E-state index contributed by atoms with van der Waals surface area (Å²) in [6.45, 7) is 9.23. The van der Waals surface area contributed by atoms with Crippen LogP contribution >= 0.6 is 15.9 Å². The van der Waals surface area contributed by atoms with Crippen molar-refractivity contribution in [3.8, 4) is 0 Å². The monoisotopic (exact) mass is 324 g/mol. The van der Waals surface area contributed by atoms with Crippen molar-refractivity contribution in [3.05, 3.63) is 34.3 Å². The number of benzene rings is 1. The smallest absolute Gasteiger partial charge is 0.0236 e. The number of hydrogen-bond acceptors (Lipinski definition) is 2. The second-order valence-electron chi connectivity index (χ2n) is 5.87. The summed E-state index contributed by atoms with van der Waals surface area (Å²) < 4.78 is 1.17. The van der Waals surface area contributed by atoms with Crippen LogP contribution in [0.3, 0.4) is 0 Å². The molecule has 2 nitrogen and oxygen atoms in total. The van der Waals surface area contributed by atoms with Crippen molar-refractivity contribution in [1.82, 2.24) is 10.2 Å². The van der Waals surface area contributed by atoms with Gasteiger partial charge in [0.05, 0.1) is 0 Å². The Labute approximate surface area is 125 Å². The predicted octanol–water partition coefficient (Wildman–Crippen LogP) is 3.66. The number of rotatable bonds is 5. The lowest BCUT2D eigenvalue weighted by molar-refractivity contribution is 0.164. The van der Waals surface area contributed by atoms with E-state index in [9.17, 15) is 0 Å². The van der Waals surface area contributed by atoms with Gasteiger partial charge in [-0.15, -0.1) is 0 Å². The lowest BCUT2D eigenvalue weighted by atomic mass is 9.98. The Morgan fingerprint density at radius 1 is 1.42 bits per heavy atom. The number of piperidine rings is 1. The normalized spacial score (nSPS) is 20.2. The summed E-state index contributed by atoms with van der Waals surface area (Å²) in [5.41, 5.74) is 1.40. The number of halogens is 1. The SMILES string of the molecule is CC(C)N(Cc1cccc(Br)c1)CC1CCCNC1. The van der Waals surface area contributed by atoms with Gasteiger partial charge in [-0.25, -0.2) is 0 Å². The summed E-state index contributed by atoms with van der Waals surface area (Å²) in [6.07, 6.45) is 2.70. The minimum absolute atomic E-state index is 0.598. The van der Waals surface area contributed by atoms with Gasteiger partial charge in [0.1, 0.15) is 0 Å². The maximum Gasteiger partial charge on any atom is 0.0236 e. The van der Waals surface area contributed by atoms with Crippen molar-refractivity contribution in [2.24, 2.45) is 5.92 Å². The van der Waals surface area contributed by atoms with E-state index in [1.54, 1.807) is 0 Å². The first-order chi connectivity index (χ1) is 9.15. The van der Waals surface area contributed by atoms with Crippen LogP contribution in [0, 0.1) is 5.92 Å². The largest absolute Gasteiger partial charge is 0.316 e. The zero-order chi connectivity index (χ0) is 13.7. The topological polar surface area (TPSA) is 15.3 Å². The average molecular weight is 325 g/mol. The highest BCUT2D eigenvalue weighted by Gasteiger charge is 2.19. The molecular weight excluding hydrogens is 300 g/mol. The first-order valence-electron chi connectivity index (χ1n) is 7.34. The van der Waals surface area contributed by atoms with Crippen molar-refractivity contribution in [2.45, 2.75) is 39.3 Å². The molecule has 1 aromatic rings. The average Bonchev–Trinajstić information content (AvgIpc) is 2.39. The van der Waals surface area contributed by atoms with Crippen molar-refractivity contribution in [2.75, 3.05) is 19.6 Å². The van der Waals surface area contributed by atoms with E-state index in [0.29, 0.717) is 6.04 Å². The highest BCUT2D eigenvalue weighted by Crippen LogP contribution is 2.18. The molecule has 1 fully saturated rings. The molecule has 106 valence electrons. The van der Waals surface area contributed by atoms with Crippen LogP contribution < -0.4 is 5.32 Å². The second-order valence-corrected chi connectivity index (χ2v) is 6.78. The Balaban J connectivity index is 1.95. The van der Waals surface area contributed by atoms with Gasteiger partial charge in [-0.2, -0.15) is 0 Å². The van der Waals surface area contributed by atoms with E-state index >= 15 is 0 Å². The third-order valence-corrected chi connectivity index (χ3v) is 4.39. The van der Waals surface area contributed by atoms with Crippen LogP contribution in [0.25, 0.3) is 0 Å². The second kappa shape index (κ2) is 7.41. The highest BCUT2D eigenvalue weighted by atomic mass is 79.9. The van der Waals surface area contributed by atoms with Crippen LogP contribution in [0.1, 0.15) is 32.3 Å². The first-order valence-corrected chi connectivity index (χ1v) is 8.13. The zero-order valence-electron chi connectivity index (χ0n) is 12.0. The van der Waals surface area contributed by atoms with Crippen molar-refractivity contribution >= 4 is 15.9 Å². The molecule has 1 aromatic carbocycles. The van der Waals surface area contributed by atoms with Crippen molar-refractivity contribution in [3.63, 3.8) is 0 Å². The van der Waals surface area contributed by atoms with Crippen molar-refractivity contribution < 1.29 is 0 Å². The van der Waals surface area contributed by atoms with Gasteiger partial charge < -0.3 is 5.32 Å². The van der Waals surface area contributed by atoms with Gasteiger partial charge >= 0.3 is 0 Å². The van der Waals surface area contributed by atoms with E-state index < -0.39 is 0 Å². The number of nitrogens with one attached hydrogen (secondary N) is 1. The van der Waals surface area contributed by atoms with E-state index in [0.717, 1.165) is 12.5 Å². The molecule has 0 spiro atoms. The molecule has 1 unspecified atom stereocenters. The minimum atomic E-state index is 0.598. The van der Waals surface area contributed by atoms with Gasteiger partial charge in [-0.05, 0) is 63.4 Å². The summed E-state index contributed by atoms with van der Waals surface area (Å²) in [7, 11) is 0. The highest BCUT2D eigenvalue weighted by molar-refractivity contribution is 9.10. The van der Waals surface area contributed by atoms with Gasteiger partial charge in [0.2, 0.25) is 0 Å². The minimum Gasteiger partial charge on any atom is -0.316 e. The third kappa shape index (κ3) is 4.90. The molecule has 3 heteroatoms. The molecule has 0 bridgehead atoms. The summed E-state index contributed by atoms with van der Waals surface area (Å²) in [5.74, 6) is 0.809. The van der Waals surface area contributed by atoms with Crippen molar-refractivity contribution in [1.29, 1.82) is 0 Å². The fourth-order valence-corrected chi connectivity index (χ4v) is 3.19. The third-order valence-electron chi connectivity index (χ3n) is 3.90. The molecule has 1 N–H and O–H groups in total. The van der Waals surface area contributed by atoms with Gasteiger partial charge in [0.15, 0.2) is 0 Å². The number of hydrogen-bond donors (Lipinski definition) is 1. The predicted molar refractivity (Wildman–Crippen MR) is 85.3 cm³/mol. The fraction of sp³-hybridized carbons (Fsp3) is 0.625. The van der Waals surface area contributed by atoms with E-state index in [1.165, 1.54) is 42.5 Å². The van der Waals surface area contributed by atoms with Gasteiger partial charge in [0.25, 0.3) is 0 Å². The van der Waals surface area contributed by atoms with Crippen LogP contribution in [0.15, 0.2) is 28.7 Å². The van der Waals surface area contributed by atoms with Crippen LogP contribution in [-0.2, 0) is 6.54 Å². The molecule has 1 saturated heterocycles. The van der Waals surface area contributed by atoms with E-state index in [-0.39, 0.29) is 0 Å². The van der Waals surface area contributed by atoms with Crippen LogP contribution in [-0.4, -0.2) is 30.6 Å². The maximum absolute atomic E-state index is 3.56. The van der Waals surface area contributed by atoms with E-state index in [1.807, 2.05) is 0 Å². The van der Waals surface area contributed by atoms with E-state index in [4.69, 9.17) is 0 Å². The van der Waals surface area contributed by atoms with Crippen LogP contribution in [0.2, 0.25) is 0 Å². The molecular formula is C16H25BrN2. The standard InChI is InChI=1S/C16H25BrN2/c1-13(2)19(12-15-6-4-8-18-10-15)11-14-5-3-7-16(17)9-14/h3,5,7,9,13,15,18H,4,6,8,10-12H2,1-2H3. The Bertz CT molecular complexity index is 386. The molecule has 19 heavy (non-hydrogen) atoms. The Morgan fingerprint density at radius 2 is 2.26 bits per heavy atom. The summed E-state index contributed by atoms with van der Waals surface area (Å²) in [4.78, 5) is 2.60. The molecule has 2 rings (SSSR count). The maximum atomic E-state index is 3.56. The quantitative estimate of drug-likeness (QED) is 0.889. The van der Waals surface area contributed by atoms with Gasteiger partial charge in [-0.3, -0.25) is 4.90 Å². The summed E-state index contributed by atoms with van der Waals surface area (Å²) in [6, 6.07) is 9.27. The molecule has 0 amide bonds. The molecule has 1 atom stereocenters. The Hall–Kier alpha value is -0.380. The molecule has 0 saturated carbocycles. The Kier molecular flexibility index (Phi) is 5.86. The van der Waals surface area contributed by atoms with E-state index in [2.05, 4.69) is 64.3 Å². The Morgan fingerprint density at radius 3 is 2.89 bits per heavy atom. The summed E-state index contributed by atoms with van der Waals surface area (Å²) >= 11 is 3.56. The molecule has 0 aromatic heterocycles. The lowest BCUT2D eigenvalue weighted by Gasteiger charge is -2.32. The molecule has 1 aliphatic rings. The zero-order valence-corrected chi connectivity index (χ0v) is 13.6. The molecule has 1 aliphatic heterocycles. The molecule has 0 aliphatic carbocycles. The fourth-order valence-electron chi connectivity index (χ4n) is 2.74. The summed E-state index contributed by atoms with van der Waals surface area (Å²) in [5, 5.41) is 3.52.